The lowest BCUT2D eigenvalue weighted by Gasteiger charge is -2.01. The fourth-order valence-electron chi connectivity index (χ4n) is 0.853. The van der Waals surface area contributed by atoms with Gasteiger partial charge in [-0.1, -0.05) is 30.3 Å². The van der Waals surface area contributed by atoms with Crippen LogP contribution in [0.5, 0.6) is 0 Å². The fraction of sp³-hybridized carbons (Fsp3) is 0. The van der Waals surface area contributed by atoms with E-state index in [0.29, 0.717) is 5.56 Å². The van der Waals surface area contributed by atoms with Gasteiger partial charge in [-0.25, -0.2) is 9.59 Å². The van der Waals surface area contributed by atoms with Crippen molar-refractivity contribution < 1.29 is 9.59 Å². The average molecular weight is 189 g/mol. The number of urea groups is 1. The van der Waals surface area contributed by atoms with Crippen molar-refractivity contribution in [2.24, 2.45) is 4.99 Å². The summed E-state index contributed by atoms with van der Waals surface area (Å²) in [7, 11) is 0. The van der Waals surface area contributed by atoms with E-state index in [1.165, 1.54) is 0 Å². The van der Waals surface area contributed by atoms with Gasteiger partial charge in [0.1, 0.15) is 5.84 Å². The molecule has 0 spiro atoms. The van der Waals surface area contributed by atoms with E-state index in [9.17, 15) is 9.59 Å². The van der Waals surface area contributed by atoms with Crippen LogP contribution >= 0.6 is 0 Å². The molecule has 1 aromatic carbocycles. The number of carbonyl (C=O) groups excluding carboxylic acids is 2. The maximum absolute atomic E-state index is 10.7. The molecule has 0 fully saturated rings. The lowest BCUT2D eigenvalue weighted by molar-refractivity contribution is 0.253. The van der Waals surface area contributed by atoms with Crippen LogP contribution < -0.4 is 5.32 Å². The summed E-state index contributed by atoms with van der Waals surface area (Å²) in [6.45, 7) is 0. The fourth-order valence-corrected chi connectivity index (χ4v) is 0.853. The lowest BCUT2D eigenvalue weighted by Crippen LogP contribution is -2.27. The summed E-state index contributed by atoms with van der Waals surface area (Å²) in [5.74, 6) is -0.102. The highest BCUT2D eigenvalue weighted by molar-refractivity contribution is 6.06. The second-order valence-electron chi connectivity index (χ2n) is 2.37. The molecule has 0 radical (unpaired) electrons. The van der Waals surface area contributed by atoms with E-state index in [2.05, 4.69) is 10.3 Å². The molecule has 1 aromatic rings. The maximum Gasteiger partial charge on any atom is 0.357 e. The molecular weight excluding hydrogens is 182 g/mol. The predicted octanol–water partition coefficient (Wildman–Crippen LogP) is 1.06. The molecule has 0 aliphatic heterocycles. The number of amidine groups is 1. The van der Waals surface area contributed by atoms with Gasteiger partial charge in [-0.05, 0) is 0 Å². The Balaban J connectivity index is 2.69. The van der Waals surface area contributed by atoms with Crippen molar-refractivity contribution in [3.05, 3.63) is 35.9 Å². The van der Waals surface area contributed by atoms with Gasteiger partial charge in [0, 0.05) is 5.56 Å². The summed E-state index contributed by atoms with van der Waals surface area (Å²) in [4.78, 5) is 23.2. The maximum atomic E-state index is 10.7. The van der Waals surface area contributed by atoms with E-state index in [1.807, 2.05) is 0 Å². The van der Waals surface area contributed by atoms with Gasteiger partial charge in [0.05, 0.1) is 0 Å². The third kappa shape index (κ3) is 2.66. The highest BCUT2D eigenvalue weighted by atomic mass is 16.2. The number of amides is 2. The second kappa shape index (κ2) is 4.69. The van der Waals surface area contributed by atoms with E-state index < -0.39 is 6.03 Å². The molecule has 2 amide bonds. The van der Waals surface area contributed by atoms with Crippen LogP contribution in [0.1, 0.15) is 5.56 Å². The molecular formula is C9H7N3O2. The van der Waals surface area contributed by atoms with Crippen LogP contribution in [0.25, 0.3) is 0 Å². The number of hydrogen-bond acceptors (Lipinski definition) is 3. The van der Waals surface area contributed by atoms with Crippen LogP contribution in [0.2, 0.25) is 0 Å². The van der Waals surface area contributed by atoms with E-state index in [4.69, 9.17) is 5.41 Å². The summed E-state index contributed by atoms with van der Waals surface area (Å²) >= 11 is 0. The Morgan fingerprint density at radius 2 is 2.00 bits per heavy atom. The smallest absolute Gasteiger partial charge is 0.290 e. The summed E-state index contributed by atoms with van der Waals surface area (Å²) in [5, 5.41) is 9.53. The molecule has 1 rings (SSSR count). The molecule has 0 aromatic heterocycles. The van der Waals surface area contributed by atoms with Crippen molar-refractivity contribution in [3.8, 4) is 0 Å². The zero-order chi connectivity index (χ0) is 10.4. The van der Waals surface area contributed by atoms with Crippen molar-refractivity contribution >= 4 is 17.9 Å². The van der Waals surface area contributed by atoms with Gasteiger partial charge in [0.25, 0.3) is 0 Å². The molecule has 5 nitrogen and oxygen atoms in total. The minimum Gasteiger partial charge on any atom is -0.290 e. The van der Waals surface area contributed by atoms with E-state index >= 15 is 0 Å². The van der Waals surface area contributed by atoms with Gasteiger partial charge in [0.2, 0.25) is 6.08 Å². The normalized spacial score (nSPS) is 8.57. The Labute approximate surface area is 80.0 Å². The Bertz CT molecular complexity index is 394. The standard InChI is InChI=1S/C9H7N3O2/c10-8(12-9(14)11-6-13)7-4-2-1-3-5-7/h1-5H,(H2,10,12,14). The molecule has 0 saturated carbocycles. The van der Waals surface area contributed by atoms with Crippen molar-refractivity contribution in [1.29, 1.82) is 5.41 Å². The molecule has 0 aliphatic carbocycles. The lowest BCUT2D eigenvalue weighted by atomic mass is 10.2. The third-order valence-corrected chi connectivity index (χ3v) is 1.44. The molecule has 0 unspecified atom stereocenters. The van der Waals surface area contributed by atoms with Crippen LogP contribution in [0.3, 0.4) is 0 Å². The quantitative estimate of drug-likeness (QED) is 0.393. The molecule has 0 heterocycles. The average Bonchev–Trinajstić information content (AvgIpc) is 2.19. The Hall–Kier alpha value is -2.26. The van der Waals surface area contributed by atoms with Crippen LogP contribution in [-0.4, -0.2) is 17.9 Å². The highest BCUT2D eigenvalue weighted by Gasteiger charge is 2.03. The number of nitrogens with zero attached hydrogens (tertiary/aromatic N) is 1. The highest BCUT2D eigenvalue weighted by Crippen LogP contribution is 1.97. The summed E-state index contributed by atoms with van der Waals surface area (Å²) in [5.41, 5.74) is 0.543. The first-order valence-corrected chi connectivity index (χ1v) is 3.77. The Morgan fingerprint density at radius 1 is 1.36 bits per heavy atom. The number of carbonyl (C=O) groups is 1. The van der Waals surface area contributed by atoms with Gasteiger partial charge in [-0.3, -0.25) is 10.7 Å². The summed E-state index contributed by atoms with van der Waals surface area (Å²) < 4.78 is 0. The zero-order valence-corrected chi connectivity index (χ0v) is 7.15. The number of nitrogens with one attached hydrogen (secondary N) is 2. The molecule has 0 bridgehead atoms. The van der Waals surface area contributed by atoms with Crippen molar-refractivity contribution in [3.63, 3.8) is 0 Å². The van der Waals surface area contributed by atoms with Crippen molar-refractivity contribution in [2.45, 2.75) is 0 Å². The number of hydrogen-bond donors (Lipinski definition) is 2. The molecule has 0 aliphatic rings. The zero-order valence-electron chi connectivity index (χ0n) is 7.15. The molecule has 70 valence electrons. The van der Waals surface area contributed by atoms with Gasteiger partial charge in [0.15, 0.2) is 0 Å². The van der Waals surface area contributed by atoms with E-state index in [0.717, 1.165) is 6.08 Å². The number of rotatable bonds is 1. The summed E-state index contributed by atoms with van der Waals surface area (Å²) in [6, 6.07) is 7.69. The summed E-state index contributed by atoms with van der Waals surface area (Å²) in [6.07, 6.45) is 1.09. The van der Waals surface area contributed by atoms with Crippen LogP contribution in [0, 0.1) is 5.41 Å². The van der Waals surface area contributed by atoms with Crippen LogP contribution in [0.15, 0.2) is 35.3 Å². The predicted molar refractivity (Wildman–Crippen MR) is 49.9 cm³/mol. The largest absolute Gasteiger partial charge is 0.357 e. The van der Waals surface area contributed by atoms with E-state index in [-0.39, 0.29) is 5.84 Å². The SMILES string of the molecule is N=C(NC(=O)N=C=O)c1ccccc1. The minimum atomic E-state index is -0.895. The molecule has 14 heavy (non-hydrogen) atoms. The van der Waals surface area contributed by atoms with Crippen molar-refractivity contribution in [2.75, 3.05) is 0 Å². The number of isocyanates is 1. The number of benzene rings is 1. The van der Waals surface area contributed by atoms with Gasteiger partial charge in [-0.2, -0.15) is 0 Å². The minimum absolute atomic E-state index is 0.102. The second-order valence-corrected chi connectivity index (χ2v) is 2.37. The Kier molecular flexibility index (Phi) is 3.29. The molecule has 2 N–H and O–H groups in total. The van der Waals surface area contributed by atoms with Crippen LogP contribution in [-0.2, 0) is 4.79 Å². The van der Waals surface area contributed by atoms with Gasteiger partial charge >= 0.3 is 6.03 Å². The first-order chi connectivity index (χ1) is 6.74. The topological polar surface area (TPSA) is 82.4 Å². The first kappa shape index (κ1) is 9.83. The van der Waals surface area contributed by atoms with E-state index in [1.54, 1.807) is 30.3 Å². The van der Waals surface area contributed by atoms with Gasteiger partial charge in [-0.15, -0.1) is 4.99 Å². The first-order valence-electron chi connectivity index (χ1n) is 3.77. The molecule has 5 heteroatoms. The Morgan fingerprint density at radius 3 is 2.57 bits per heavy atom. The molecule has 0 saturated heterocycles. The third-order valence-electron chi connectivity index (χ3n) is 1.44. The van der Waals surface area contributed by atoms with Crippen LogP contribution in [0.4, 0.5) is 4.79 Å². The monoisotopic (exact) mass is 189 g/mol. The number of aliphatic imine (C=N–C) groups is 1. The van der Waals surface area contributed by atoms with Gasteiger partial charge < -0.3 is 0 Å². The molecule has 0 atom stereocenters. The van der Waals surface area contributed by atoms with Crippen molar-refractivity contribution in [1.82, 2.24) is 5.32 Å².